The molecule has 8 heteroatoms. The molecule has 1 aliphatic heterocycles. The lowest BCUT2D eigenvalue weighted by molar-refractivity contribution is -0.134. The van der Waals surface area contributed by atoms with Crippen LogP contribution in [0.1, 0.15) is 19.8 Å². The summed E-state index contributed by atoms with van der Waals surface area (Å²) in [4.78, 5) is 37.9. The molecule has 4 rings (SSSR count). The van der Waals surface area contributed by atoms with E-state index < -0.39 is 17.5 Å². The molecule has 0 bridgehead atoms. The molecule has 1 saturated heterocycles. The zero-order chi connectivity index (χ0) is 16.9. The van der Waals surface area contributed by atoms with Gasteiger partial charge in [0.15, 0.2) is 0 Å². The molecule has 4 amide bonds. The summed E-state index contributed by atoms with van der Waals surface area (Å²) in [6.45, 7) is 1.42. The number of aromatic amines is 1. The molecule has 1 aromatic carbocycles. The minimum absolute atomic E-state index is 0.167. The number of amides is 4. The van der Waals surface area contributed by atoms with Crippen LogP contribution in [0.3, 0.4) is 0 Å². The molecule has 8 nitrogen and oxygen atoms in total. The zero-order valence-corrected chi connectivity index (χ0v) is 13.1. The highest BCUT2D eigenvalue weighted by molar-refractivity contribution is 6.11. The third-order valence-electron chi connectivity index (χ3n) is 4.75. The molecule has 2 heterocycles. The van der Waals surface area contributed by atoms with Crippen molar-refractivity contribution in [3.8, 4) is 0 Å². The first-order valence-electron chi connectivity index (χ1n) is 7.85. The van der Waals surface area contributed by atoms with Crippen molar-refractivity contribution in [1.29, 1.82) is 0 Å². The zero-order valence-electron chi connectivity index (χ0n) is 13.1. The maximum Gasteiger partial charge on any atom is 0.325 e. The number of fused-ring (bicyclic) bond motifs is 1. The molecule has 1 atom stereocenters. The first-order valence-corrected chi connectivity index (χ1v) is 7.85. The normalized spacial score (nSPS) is 23.6. The van der Waals surface area contributed by atoms with Crippen molar-refractivity contribution < 1.29 is 14.4 Å². The van der Waals surface area contributed by atoms with E-state index in [1.165, 1.54) is 0 Å². The van der Waals surface area contributed by atoms with Gasteiger partial charge in [0.05, 0.1) is 17.4 Å². The number of urea groups is 1. The lowest BCUT2D eigenvalue weighted by atomic mass is 9.96. The van der Waals surface area contributed by atoms with E-state index in [-0.39, 0.29) is 18.4 Å². The SMILES string of the molecule is CC1(C2CC2)NC(=O)N(CC(=O)Nc2cccc3cn[nH]c23)C1=O. The number of carbonyl (C=O) groups excluding carboxylic acids is 3. The van der Waals surface area contributed by atoms with Crippen molar-refractivity contribution in [2.24, 2.45) is 5.92 Å². The number of imide groups is 1. The second-order valence-corrected chi connectivity index (χ2v) is 6.49. The summed E-state index contributed by atoms with van der Waals surface area (Å²) in [6, 6.07) is 4.89. The minimum Gasteiger partial charge on any atom is -0.323 e. The number of hydrogen-bond donors (Lipinski definition) is 3. The molecule has 3 N–H and O–H groups in total. The minimum atomic E-state index is -0.874. The Morgan fingerprint density at radius 2 is 2.21 bits per heavy atom. The van der Waals surface area contributed by atoms with Crippen LogP contribution < -0.4 is 10.6 Å². The first-order chi connectivity index (χ1) is 11.5. The maximum atomic E-state index is 12.5. The summed E-state index contributed by atoms with van der Waals surface area (Å²) in [6.07, 6.45) is 3.50. The summed E-state index contributed by atoms with van der Waals surface area (Å²) < 4.78 is 0. The van der Waals surface area contributed by atoms with Crippen LogP contribution in [0.2, 0.25) is 0 Å². The van der Waals surface area contributed by atoms with E-state index in [1.54, 1.807) is 25.3 Å². The van der Waals surface area contributed by atoms with Gasteiger partial charge in [-0.05, 0) is 31.7 Å². The predicted molar refractivity (Wildman–Crippen MR) is 86.1 cm³/mol. The van der Waals surface area contributed by atoms with Gasteiger partial charge in [0.25, 0.3) is 5.91 Å². The summed E-state index contributed by atoms with van der Waals surface area (Å²) >= 11 is 0. The Bertz CT molecular complexity index is 856. The third kappa shape index (κ3) is 2.22. The summed E-state index contributed by atoms with van der Waals surface area (Å²) in [5.74, 6) is -0.591. The standard InChI is InChI=1S/C16H17N5O3/c1-16(10-5-6-10)14(23)21(15(24)19-16)8-12(22)18-11-4-2-3-9-7-17-20-13(9)11/h2-4,7,10H,5-6,8H2,1H3,(H,17,20)(H,18,22)(H,19,24). The van der Waals surface area contributed by atoms with Crippen LogP contribution in [0, 0.1) is 5.92 Å². The van der Waals surface area contributed by atoms with Crippen molar-refractivity contribution in [2.75, 3.05) is 11.9 Å². The molecule has 124 valence electrons. The molecule has 1 saturated carbocycles. The average molecular weight is 327 g/mol. The lowest BCUT2D eigenvalue weighted by Crippen LogP contribution is -2.46. The summed E-state index contributed by atoms with van der Waals surface area (Å²) in [5, 5.41) is 13.1. The number of hydrogen-bond acceptors (Lipinski definition) is 4. The molecular weight excluding hydrogens is 310 g/mol. The highest BCUT2D eigenvalue weighted by Gasteiger charge is 2.56. The van der Waals surface area contributed by atoms with Gasteiger partial charge in [0.1, 0.15) is 12.1 Å². The third-order valence-corrected chi connectivity index (χ3v) is 4.75. The fourth-order valence-corrected chi connectivity index (χ4v) is 3.20. The van der Waals surface area contributed by atoms with E-state index in [2.05, 4.69) is 20.8 Å². The van der Waals surface area contributed by atoms with Crippen LogP contribution in [0.4, 0.5) is 10.5 Å². The van der Waals surface area contributed by atoms with Gasteiger partial charge in [0, 0.05) is 5.39 Å². The van der Waals surface area contributed by atoms with Crippen LogP contribution in [-0.2, 0) is 9.59 Å². The first kappa shape index (κ1) is 14.7. The summed E-state index contributed by atoms with van der Waals surface area (Å²) in [5.41, 5.74) is 0.388. The number of aromatic nitrogens is 2. The highest BCUT2D eigenvalue weighted by atomic mass is 16.2. The Morgan fingerprint density at radius 1 is 1.42 bits per heavy atom. The van der Waals surface area contributed by atoms with E-state index in [9.17, 15) is 14.4 Å². The molecule has 0 radical (unpaired) electrons. The number of benzene rings is 1. The topological polar surface area (TPSA) is 107 Å². The fraction of sp³-hybridized carbons (Fsp3) is 0.375. The lowest BCUT2D eigenvalue weighted by Gasteiger charge is -2.20. The Kier molecular flexibility index (Phi) is 3.09. The number of para-hydroxylation sites is 1. The molecule has 1 unspecified atom stereocenters. The number of H-pyrrole nitrogens is 1. The van der Waals surface area contributed by atoms with E-state index in [0.717, 1.165) is 23.1 Å². The van der Waals surface area contributed by atoms with Crippen molar-refractivity contribution in [2.45, 2.75) is 25.3 Å². The smallest absolute Gasteiger partial charge is 0.323 e. The predicted octanol–water partition coefficient (Wildman–Crippen LogP) is 1.22. The number of carbonyl (C=O) groups is 3. The molecule has 2 aromatic rings. The monoisotopic (exact) mass is 327 g/mol. The second-order valence-electron chi connectivity index (χ2n) is 6.49. The van der Waals surface area contributed by atoms with E-state index >= 15 is 0 Å². The Morgan fingerprint density at radius 3 is 2.96 bits per heavy atom. The number of nitrogens with zero attached hydrogens (tertiary/aromatic N) is 2. The molecule has 24 heavy (non-hydrogen) atoms. The van der Waals surface area contributed by atoms with Gasteiger partial charge in [-0.3, -0.25) is 19.6 Å². The number of rotatable bonds is 4. The molecule has 1 aliphatic carbocycles. The van der Waals surface area contributed by atoms with Crippen molar-refractivity contribution >= 4 is 34.4 Å². The number of nitrogens with one attached hydrogen (secondary N) is 3. The van der Waals surface area contributed by atoms with Crippen molar-refractivity contribution in [3.05, 3.63) is 24.4 Å². The fourth-order valence-electron chi connectivity index (χ4n) is 3.20. The Balaban J connectivity index is 1.49. The van der Waals surface area contributed by atoms with Crippen LogP contribution in [0.25, 0.3) is 10.9 Å². The van der Waals surface area contributed by atoms with Gasteiger partial charge in [-0.15, -0.1) is 0 Å². The largest absolute Gasteiger partial charge is 0.325 e. The Hall–Kier alpha value is -2.90. The summed E-state index contributed by atoms with van der Waals surface area (Å²) in [7, 11) is 0. The van der Waals surface area contributed by atoms with Crippen molar-refractivity contribution in [1.82, 2.24) is 20.4 Å². The maximum absolute atomic E-state index is 12.5. The molecular formula is C16H17N5O3. The van der Waals surface area contributed by atoms with Gasteiger partial charge in [-0.1, -0.05) is 12.1 Å². The van der Waals surface area contributed by atoms with Gasteiger partial charge in [-0.2, -0.15) is 5.10 Å². The highest BCUT2D eigenvalue weighted by Crippen LogP contribution is 2.42. The van der Waals surface area contributed by atoms with E-state index in [1.807, 2.05) is 6.07 Å². The second kappa shape index (κ2) is 5.05. The van der Waals surface area contributed by atoms with Gasteiger partial charge < -0.3 is 10.6 Å². The average Bonchev–Trinajstić information content (AvgIpc) is 3.25. The van der Waals surface area contributed by atoms with Crippen LogP contribution in [0.5, 0.6) is 0 Å². The van der Waals surface area contributed by atoms with Gasteiger partial charge in [-0.25, -0.2) is 4.79 Å². The Labute approximate surface area is 137 Å². The van der Waals surface area contributed by atoms with Crippen molar-refractivity contribution in [3.63, 3.8) is 0 Å². The molecule has 2 aliphatic rings. The molecule has 1 aromatic heterocycles. The van der Waals surface area contributed by atoms with Crippen LogP contribution in [0.15, 0.2) is 24.4 Å². The van der Waals surface area contributed by atoms with E-state index in [4.69, 9.17) is 0 Å². The van der Waals surface area contributed by atoms with Gasteiger partial charge >= 0.3 is 6.03 Å². The quantitative estimate of drug-likeness (QED) is 0.734. The van der Waals surface area contributed by atoms with Crippen LogP contribution in [-0.4, -0.2) is 45.0 Å². The number of anilines is 1. The molecule has 2 fully saturated rings. The van der Waals surface area contributed by atoms with Crippen LogP contribution >= 0.6 is 0 Å². The van der Waals surface area contributed by atoms with E-state index in [0.29, 0.717) is 11.2 Å². The van der Waals surface area contributed by atoms with Gasteiger partial charge in [0.2, 0.25) is 5.91 Å². The molecule has 0 spiro atoms.